The molecule has 3 heteroatoms. The molecule has 11 heavy (non-hydrogen) atoms. The van der Waals surface area contributed by atoms with Crippen molar-refractivity contribution >= 4 is 5.91 Å². The van der Waals surface area contributed by atoms with Crippen LogP contribution in [0.1, 0.15) is 27.7 Å². The van der Waals surface area contributed by atoms with E-state index in [4.69, 9.17) is 5.84 Å². The fraction of sp³-hybridized carbons (Fsp3) is 0.625. The van der Waals surface area contributed by atoms with Crippen molar-refractivity contribution in [2.45, 2.75) is 33.2 Å². The van der Waals surface area contributed by atoms with E-state index < -0.39 is 0 Å². The maximum Gasteiger partial charge on any atom is 0.260 e. The Morgan fingerprint density at radius 2 is 1.91 bits per heavy atom. The highest BCUT2D eigenvalue weighted by Crippen LogP contribution is 2.08. The molecule has 3 nitrogen and oxygen atoms in total. The lowest BCUT2D eigenvalue weighted by atomic mass is 10.1. The minimum atomic E-state index is -0.309. The zero-order chi connectivity index (χ0) is 9.07. The fourth-order valence-corrected chi connectivity index (χ4v) is 0.553. The summed E-state index contributed by atoms with van der Waals surface area (Å²) in [4.78, 5) is 11.1. The molecule has 0 fully saturated rings. The van der Waals surface area contributed by atoms with Crippen LogP contribution in [-0.2, 0) is 4.79 Å². The number of rotatable bonds is 1. The smallest absolute Gasteiger partial charge is 0.260 e. The van der Waals surface area contributed by atoms with E-state index in [0.29, 0.717) is 0 Å². The van der Waals surface area contributed by atoms with Gasteiger partial charge in [0.2, 0.25) is 0 Å². The first-order valence-corrected chi connectivity index (χ1v) is 3.61. The van der Waals surface area contributed by atoms with Crippen LogP contribution in [0.4, 0.5) is 0 Å². The third-order valence-electron chi connectivity index (χ3n) is 1.27. The lowest BCUT2D eigenvalue weighted by Crippen LogP contribution is -2.49. The van der Waals surface area contributed by atoms with Crippen LogP contribution in [-0.4, -0.2) is 16.5 Å². The van der Waals surface area contributed by atoms with Gasteiger partial charge in [-0.15, -0.1) is 0 Å². The summed E-state index contributed by atoms with van der Waals surface area (Å²) in [5.41, 5.74) is -0.309. The van der Waals surface area contributed by atoms with E-state index in [2.05, 4.69) is 0 Å². The van der Waals surface area contributed by atoms with Crippen LogP contribution in [0, 0.1) is 0 Å². The Morgan fingerprint density at radius 1 is 1.45 bits per heavy atom. The van der Waals surface area contributed by atoms with Gasteiger partial charge in [0.15, 0.2) is 0 Å². The molecule has 0 heterocycles. The Balaban J connectivity index is 4.26. The monoisotopic (exact) mass is 156 g/mol. The van der Waals surface area contributed by atoms with E-state index in [-0.39, 0.29) is 11.4 Å². The van der Waals surface area contributed by atoms with E-state index in [0.717, 1.165) is 0 Å². The molecule has 0 radical (unpaired) electrons. The predicted molar refractivity (Wildman–Crippen MR) is 45.6 cm³/mol. The SMILES string of the molecule is C/C=C/C(=O)N(N)C(C)(C)C. The summed E-state index contributed by atoms with van der Waals surface area (Å²) in [6, 6.07) is 0. The second-order valence-corrected chi connectivity index (χ2v) is 3.38. The van der Waals surface area contributed by atoms with Gasteiger partial charge >= 0.3 is 0 Å². The number of carbonyl (C=O) groups is 1. The number of nitrogens with two attached hydrogens (primary N) is 1. The second-order valence-electron chi connectivity index (χ2n) is 3.38. The van der Waals surface area contributed by atoms with Crippen LogP contribution in [0.25, 0.3) is 0 Å². The van der Waals surface area contributed by atoms with Crippen molar-refractivity contribution in [1.29, 1.82) is 0 Å². The molecule has 0 atom stereocenters. The van der Waals surface area contributed by atoms with E-state index in [1.165, 1.54) is 11.1 Å². The average Bonchev–Trinajstić information content (AvgIpc) is 1.85. The lowest BCUT2D eigenvalue weighted by Gasteiger charge is -2.29. The number of hydrogen-bond acceptors (Lipinski definition) is 2. The second kappa shape index (κ2) is 3.53. The highest BCUT2D eigenvalue weighted by molar-refractivity contribution is 5.87. The topological polar surface area (TPSA) is 46.3 Å². The van der Waals surface area contributed by atoms with Gasteiger partial charge in [-0.1, -0.05) is 6.08 Å². The molecule has 0 bridgehead atoms. The molecule has 0 aromatic rings. The van der Waals surface area contributed by atoms with Gasteiger partial charge in [0, 0.05) is 6.08 Å². The molecule has 2 N–H and O–H groups in total. The molecule has 0 aromatic heterocycles. The Kier molecular flexibility index (Phi) is 3.26. The van der Waals surface area contributed by atoms with Crippen molar-refractivity contribution < 1.29 is 4.79 Å². The first-order chi connectivity index (χ1) is 4.89. The van der Waals surface area contributed by atoms with Crippen molar-refractivity contribution in [3.63, 3.8) is 0 Å². The maximum atomic E-state index is 11.1. The molecule has 0 saturated carbocycles. The summed E-state index contributed by atoms with van der Waals surface area (Å²) in [6.45, 7) is 7.44. The van der Waals surface area contributed by atoms with Gasteiger partial charge in [0.25, 0.3) is 5.91 Å². The quantitative estimate of drug-likeness (QED) is 0.267. The van der Waals surface area contributed by atoms with Gasteiger partial charge < -0.3 is 0 Å². The molecule has 0 aromatic carbocycles. The van der Waals surface area contributed by atoms with Gasteiger partial charge in [-0.05, 0) is 27.7 Å². The largest absolute Gasteiger partial charge is 0.272 e. The van der Waals surface area contributed by atoms with Crippen LogP contribution in [0.2, 0.25) is 0 Å². The van der Waals surface area contributed by atoms with Crippen LogP contribution in [0.15, 0.2) is 12.2 Å². The van der Waals surface area contributed by atoms with Crippen molar-refractivity contribution in [2.24, 2.45) is 5.84 Å². The van der Waals surface area contributed by atoms with Crippen LogP contribution in [0.5, 0.6) is 0 Å². The minimum Gasteiger partial charge on any atom is -0.272 e. The van der Waals surface area contributed by atoms with E-state index in [9.17, 15) is 4.79 Å². The molecule has 1 amide bonds. The molecular weight excluding hydrogens is 140 g/mol. The Hall–Kier alpha value is -0.830. The molecule has 0 rings (SSSR count). The van der Waals surface area contributed by atoms with Gasteiger partial charge in [-0.3, -0.25) is 9.80 Å². The van der Waals surface area contributed by atoms with Crippen LogP contribution >= 0.6 is 0 Å². The molecule has 0 aliphatic rings. The Morgan fingerprint density at radius 3 is 2.18 bits per heavy atom. The predicted octanol–water partition coefficient (Wildman–Crippen LogP) is 1.06. The van der Waals surface area contributed by atoms with E-state index in [1.54, 1.807) is 13.0 Å². The number of hydrazine groups is 1. The Labute approximate surface area is 67.8 Å². The Bertz CT molecular complexity index is 167. The zero-order valence-corrected chi connectivity index (χ0v) is 7.59. The van der Waals surface area contributed by atoms with E-state index >= 15 is 0 Å². The highest BCUT2D eigenvalue weighted by atomic mass is 16.2. The first-order valence-electron chi connectivity index (χ1n) is 3.61. The van der Waals surface area contributed by atoms with Crippen LogP contribution in [0.3, 0.4) is 0 Å². The normalized spacial score (nSPS) is 12.1. The first kappa shape index (κ1) is 10.2. The van der Waals surface area contributed by atoms with Gasteiger partial charge in [0.1, 0.15) is 0 Å². The van der Waals surface area contributed by atoms with Gasteiger partial charge in [0.05, 0.1) is 5.54 Å². The molecule has 0 unspecified atom stereocenters. The number of hydrogen-bond donors (Lipinski definition) is 1. The summed E-state index contributed by atoms with van der Waals surface area (Å²) in [5.74, 6) is 5.35. The standard InChI is InChI=1S/C8H16N2O/c1-5-6-7(11)10(9)8(2,3)4/h5-6H,9H2,1-4H3/b6-5+. The summed E-state index contributed by atoms with van der Waals surface area (Å²) >= 11 is 0. The summed E-state index contributed by atoms with van der Waals surface area (Å²) in [6.07, 6.45) is 3.12. The van der Waals surface area contributed by atoms with Gasteiger partial charge in [-0.2, -0.15) is 0 Å². The summed E-state index contributed by atoms with van der Waals surface area (Å²) < 4.78 is 0. The molecule has 0 spiro atoms. The lowest BCUT2D eigenvalue weighted by molar-refractivity contribution is -0.130. The summed E-state index contributed by atoms with van der Waals surface area (Å²) in [7, 11) is 0. The number of amides is 1. The third kappa shape index (κ3) is 3.18. The molecule has 0 saturated heterocycles. The minimum absolute atomic E-state index is 0.167. The highest BCUT2D eigenvalue weighted by Gasteiger charge is 2.20. The third-order valence-corrected chi connectivity index (χ3v) is 1.27. The molecular formula is C8H16N2O. The van der Waals surface area contributed by atoms with Crippen molar-refractivity contribution in [1.82, 2.24) is 5.01 Å². The molecule has 64 valence electrons. The summed E-state index contributed by atoms with van der Waals surface area (Å²) in [5, 5.41) is 1.22. The number of allylic oxidation sites excluding steroid dienone is 1. The van der Waals surface area contributed by atoms with Crippen molar-refractivity contribution in [3.8, 4) is 0 Å². The number of nitrogens with zero attached hydrogens (tertiary/aromatic N) is 1. The van der Waals surface area contributed by atoms with E-state index in [1.807, 2.05) is 20.8 Å². The average molecular weight is 156 g/mol. The fourth-order valence-electron chi connectivity index (χ4n) is 0.553. The number of carbonyl (C=O) groups excluding carboxylic acids is 1. The molecule has 0 aliphatic heterocycles. The zero-order valence-electron chi connectivity index (χ0n) is 7.59. The van der Waals surface area contributed by atoms with Crippen molar-refractivity contribution in [3.05, 3.63) is 12.2 Å². The molecule has 0 aliphatic carbocycles. The van der Waals surface area contributed by atoms with Crippen LogP contribution < -0.4 is 5.84 Å². The van der Waals surface area contributed by atoms with Gasteiger partial charge in [-0.25, -0.2) is 5.84 Å². The van der Waals surface area contributed by atoms with Crippen molar-refractivity contribution in [2.75, 3.05) is 0 Å². The maximum absolute atomic E-state index is 11.1.